The van der Waals surface area contributed by atoms with Gasteiger partial charge in [0, 0.05) is 12.2 Å². The van der Waals surface area contributed by atoms with Crippen LogP contribution in [0.4, 0.5) is 5.69 Å². The van der Waals surface area contributed by atoms with Crippen LogP contribution in [0.5, 0.6) is 0 Å². The van der Waals surface area contributed by atoms with Crippen molar-refractivity contribution in [2.24, 2.45) is 10.4 Å². The maximum absolute atomic E-state index is 8.70. The van der Waals surface area contributed by atoms with Crippen LogP contribution in [0.15, 0.2) is 29.5 Å². The summed E-state index contributed by atoms with van der Waals surface area (Å²) in [4.78, 5) is 7.74. The van der Waals surface area contributed by atoms with E-state index < -0.39 is 0 Å². The molecule has 1 unspecified atom stereocenters. The molecule has 0 saturated heterocycles. The number of guanidine groups is 1. The first-order chi connectivity index (χ1) is 8.43. The number of nitrogens with one attached hydrogen (secondary N) is 2. The highest BCUT2D eigenvalue weighted by atomic mass is 35.5. The fourth-order valence-electron chi connectivity index (χ4n) is 1.14. The molecule has 1 rings (SSSR count). The van der Waals surface area contributed by atoms with Crippen molar-refractivity contribution in [3.8, 4) is 6.19 Å². The van der Waals surface area contributed by atoms with Crippen molar-refractivity contribution in [2.75, 3.05) is 5.32 Å². The van der Waals surface area contributed by atoms with Crippen molar-refractivity contribution in [1.82, 2.24) is 10.3 Å². The molecule has 0 aromatic carbocycles. The van der Waals surface area contributed by atoms with Gasteiger partial charge in [0.15, 0.2) is 0 Å². The fourth-order valence-corrected chi connectivity index (χ4v) is 1.14. The molecule has 0 aliphatic carbocycles. The minimum atomic E-state index is 0. The molecule has 104 valence electrons. The lowest BCUT2D eigenvalue weighted by Gasteiger charge is -2.29. The maximum atomic E-state index is 8.70. The van der Waals surface area contributed by atoms with E-state index in [4.69, 9.17) is 5.26 Å². The van der Waals surface area contributed by atoms with Gasteiger partial charge in [-0.05, 0) is 24.5 Å². The Hall–Kier alpha value is -1.80. The summed E-state index contributed by atoms with van der Waals surface area (Å²) in [7, 11) is 0. The average Bonchev–Trinajstić information content (AvgIpc) is 2.29. The molecule has 1 aromatic rings. The van der Waals surface area contributed by atoms with Crippen molar-refractivity contribution in [1.29, 1.82) is 5.26 Å². The van der Waals surface area contributed by atoms with E-state index in [1.54, 1.807) is 18.6 Å². The molecule has 1 heterocycles. The molecular weight excluding hydrogens is 262 g/mol. The third-order valence-corrected chi connectivity index (χ3v) is 2.74. The standard InChI is InChI=1S/C13H19N5.ClH/c1-10(13(2,3)4)17-12(16-9-14)18-11-6-5-7-15-8-11;/h5-8,10H,1-4H3,(H2,16,17,18);1H. The molecule has 6 heteroatoms. The molecule has 2 N–H and O–H groups in total. The highest BCUT2D eigenvalue weighted by Crippen LogP contribution is 2.18. The Morgan fingerprint density at radius 1 is 1.47 bits per heavy atom. The normalized spacial score (nSPS) is 12.9. The van der Waals surface area contributed by atoms with Crippen molar-refractivity contribution in [2.45, 2.75) is 33.7 Å². The smallest absolute Gasteiger partial charge is 0.212 e. The number of nitriles is 1. The summed E-state index contributed by atoms with van der Waals surface area (Å²) in [6, 6.07) is 3.86. The highest BCUT2D eigenvalue weighted by Gasteiger charge is 2.20. The van der Waals surface area contributed by atoms with Crippen LogP contribution in [0, 0.1) is 16.9 Å². The van der Waals surface area contributed by atoms with Gasteiger partial charge in [-0.3, -0.25) is 4.98 Å². The molecule has 0 saturated carbocycles. The van der Waals surface area contributed by atoms with Gasteiger partial charge in [0.2, 0.25) is 12.2 Å². The quantitative estimate of drug-likeness (QED) is 0.497. The zero-order valence-corrected chi connectivity index (χ0v) is 12.5. The van der Waals surface area contributed by atoms with Gasteiger partial charge in [0.25, 0.3) is 0 Å². The van der Waals surface area contributed by atoms with Gasteiger partial charge in [-0.25, -0.2) is 0 Å². The fraction of sp³-hybridized carbons (Fsp3) is 0.462. The van der Waals surface area contributed by atoms with E-state index in [1.807, 2.05) is 12.1 Å². The molecule has 5 nitrogen and oxygen atoms in total. The second-order valence-electron chi connectivity index (χ2n) is 5.16. The zero-order valence-electron chi connectivity index (χ0n) is 11.6. The van der Waals surface area contributed by atoms with E-state index in [-0.39, 0.29) is 23.9 Å². The predicted molar refractivity (Wildman–Crippen MR) is 80.2 cm³/mol. The molecule has 0 aliphatic rings. The van der Waals surface area contributed by atoms with Gasteiger partial charge in [-0.2, -0.15) is 5.26 Å². The Morgan fingerprint density at radius 3 is 2.63 bits per heavy atom. The molecule has 0 aliphatic heterocycles. The molecule has 0 radical (unpaired) electrons. The third-order valence-electron chi connectivity index (χ3n) is 2.74. The second kappa shape index (κ2) is 7.59. The molecular formula is C13H20ClN5. The maximum Gasteiger partial charge on any atom is 0.212 e. The topological polar surface area (TPSA) is 73.1 Å². The summed E-state index contributed by atoms with van der Waals surface area (Å²) in [5.74, 6) is 0.438. The first kappa shape index (κ1) is 17.2. The summed E-state index contributed by atoms with van der Waals surface area (Å²) in [6.45, 7) is 8.42. The summed E-state index contributed by atoms with van der Waals surface area (Å²) in [5.41, 5.74) is 0.868. The van der Waals surface area contributed by atoms with Crippen LogP contribution in [-0.4, -0.2) is 17.0 Å². The third kappa shape index (κ3) is 6.07. The number of pyridine rings is 1. The van der Waals surface area contributed by atoms with Crippen LogP contribution in [0.2, 0.25) is 0 Å². The van der Waals surface area contributed by atoms with Gasteiger partial charge in [-0.15, -0.1) is 17.4 Å². The summed E-state index contributed by atoms with van der Waals surface area (Å²) >= 11 is 0. The van der Waals surface area contributed by atoms with Crippen LogP contribution in [-0.2, 0) is 0 Å². The van der Waals surface area contributed by atoms with Crippen molar-refractivity contribution in [3.05, 3.63) is 24.5 Å². The first-order valence-electron chi connectivity index (χ1n) is 5.84. The Labute approximate surface area is 120 Å². The van der Waals surface area contributed by atoms with Gasteiger partial charge in [-0.1, -0.05) is 20.8 Å². The predicted octanol–water partition coefficient (Wildman–Crippen LogP) is 2.78. The van der Waals surface area contributed by atoms with E-state index >= 15 is 0 Å². The number of aliphatic imine (C=N–C) groups is 1. The monoisotopic (exact) mass is 281 g/mol. The minimum absolute atomic E-state index is 0. The highest BCUT2D eigenvalue weighted by molar-refractivity contribution is 5.94. The van der Waals surface area contributed by atoms with Gasteiger partial charge >= 0.3 is 0 Å². The molecule has 19 heavy (non-hydrogen) atoms. The van der Waals surface area contributed by atoms with Crippen LogP contribution in [0.25, 0.3) is 0 Å². The molecule has 1 aromatic heterocycles. The molecule has 0 amide bonds. The Bertz CT molecular complexity index is 444. The van der Waals surface area contributed by atoms with Crippen molar-refractivity contribution >= 4 is 24.1 Å². The molecule has 1 atom stereocenters. The molecule has 0 spiro atoms. The van der Waals surface area contributed by atoms with Crippen LogP contribution in [0.1, 0.15) is 27.7 Å². The van der Waals surface area contributed by atoms with Gasteiger partial charge in [0.05, 0.1) is 11.9 Å². The summed E-state index contributed by atoms with van der Waals surface area (Å²) in [6.07, 6.45) is 5.16. The lowest BCUT2D eigenvalue weighted by Crippen LogP contribution is -2.44. The van der Waals surface area contributed by atoms with Crippen LogP contribution >= 0.6 is 12.4 Å². The number of anilines is 1. The Balaban J connectivity index is 0.00000324. The zero-order chi connectivity index (χ0) is 13.6. The van der Waals surface area contributed by atoms with Crippen LogP contribution in [0.3, 0.4) is 0 Å². The largest absolute Gasteiger partial charge is 0.352 e. The number of nitrogens with zero attached hydrogens (tertiary/aromatic N) is 3. The summed E-state index contributed by atoms with van der Waals surface area (Å²) in [5, 5.41) is 14.9. The number of hydrogen-bond acceptors (Lipinski definition) is 3. The van der Waals surface area contributed by atoms with Crippen LogP contribution < -0.4 is 10.6 Å². The molecule has 0 bridgehead atoms. The Morgan fingerprint density at radius 2 is 2.16 bits per heavy atom. The van der Waals surface area contributed by atoms with Gasteiger partial charge in [0.1, 0.15) is 0 Å². The van der Waals surface area contributed by atoms with E-state index in [0.29, 0.717) is 5.96 Å². The second-order valence-corrected chi connectivity index (χ2v) is 5.16. The lowest BCUT2D eigenvalue weighted by atomic mass is 9.88. The van der Waals surface area contributed by atoms with Gasteiger partial charge < -0.3 is 10.6 Å². The average molecular weight is 282 g/mol. The van der Waals surface area contributed by atoms with Crippen molar-refractivity contribution in [3.63, 3.8) is 0 Å². The Kier molecular flexibility index (Phi) is 6.87. The SMILES string of the molecule is CC(NC(=NC#N)Nc1cccnc1)C(C)(C)C.Cl. The first-order valence-corrected chi connectivity index (χ1v) is 5.84. The van der Waals surface area contributed by atoms with E-state index in [1.165, 1.54) is 0 Å². The molecule has 0 fully saturated rings. The number of aromatic nitrogens is 1. The van der Waals surface area contributed by atoms with E-state index in [9.17, 15) is 0 Å². The minimum Gasteiger partial charge on any atom is -0.352 e. The lowest BCUT2D eigenvalue weighted by molar-refractivity contribution is 0.316. The van der Waals surface area contributed by atoms with Crippen molar-refractivity contribution < 1.29 is 0 Å². The summed E-state index contributed by atoms with van der Waals surface area (Å²) < 4.78 is 0. The number of hydrogen-bond donors (Lipinski definition) is 2. The van der Waals surface area contributed by atoms with E-state index in [0.717, 1.165) is 5.69 Å². The number of halogens is 1. The number of rotatable bonds is 2. The van der Waals surface area contributed by atoms with E-state index in [2.05, 4.69) is 48.3 Å².